The Morgan fingerprint density at radius 2 is 1.95 bits per heavy atom. The van der Waals surface area contributed by atoms with E-state index in [9.17, 15) is 10.0 Å². The fourth-order valence-corrected chi connectivity index (χ4v) is 3.61. The molecule has 5 heteroatoms. The summed E-state index contributed by atoms with van der Waals surface area (Å²) in [6.45, 7) is 7.50. The van der Waals surface area contributed by atoms with E-state index in [1.807, 2.05) is 20.8 Å². The van der Waals surface area contributed by atoms with E-state index < -0.39 is 6.04 Å². The van der Waals surface area contributed by atoms with Gasteiger partial charge in [0.25, 0.3) is 5.91 Å². The third-order valence-electron chi connectivity index (χ3n) is 4.40. The molecular weight excluding hydrogens is 244 g/mol. The number of hydrogen-bond acceptors (Lipinski definition) is 3. The molecule has 2 atom stereocenters. The summed E-state index contributed by atoms with van der Waals surface area (Å²) in [5.41, 5.74) is -0.300. The third kappa shape index (κ3) is 2.93. The van der Waals surface area contributed by atoms with Gasteiger partial charge >= 0.3 is 0 Å². The monoisotopic (exact) mass is 270 g/mol. The van der Waals surface area contributed by atoms with Crippen LogP contribution in [0.5, 0.6) is 0 Å². The van der Waals surface area contributed by atoms with Crippen molar-refractivity contribution in [3.8, 4) is 0 Å². The van der Waals surface area contributed by atoms with Crippen LogP contribution in [0.4, 0.5) is 0 Å². The minimum atomic E-state index is -0.494. The van der Waals surface area contributed by atoms with Gasteiger partial charge in [-0.05, 0) is 26.7 Å². The second-order valence-corrected chi connectivity index (χ2v) is 7.04. The number of carbonyl (C=O) groups excluding carboxylic acids is 1. The first-order valence-electron chi connectivity index (χ1n) is 7.15. The first kappa shape index (κ1) is 14.8. The quantitative estimate of drug-likeness (QED) is 0.620. The van der Waals surface area contributed by atoms with Crippen molar-refractivity contribution < 1.29 is 14.2 Å². The minimum absolute atomic E-state index is 0.0624. The molecule has 3 aliphatic heterocycles. The molecule has 3 heterocycles. The van der Waals surface area contributed by atoms with Gasteiger partial charge in [-0.15, -0.1) is 0 Å². The summed E-state index contributed by atoms with van der Waals surface area (Å²) in [4.78, 5) is 12.5. The Labute approximate surface area is 115 Å². The molecule has 0 radical (unpaired) electrons. The molecule has 3 rings (SSSR count). The number of hydroxylamine groups is 3. The van der Waals surface area contributed by atoms with Gasteiger partial charge in [0.1, 0.15) is 0 Å². The molecule has 3 aliphatic rings. The fourth-order valence-electron chi connectivity index (χ4n) is 3.61. The number of hydrogen-bond donors (Lipinski definition) is 1. The van der Waals surface area contributed by atoms with Crippen molar-refractivity contribution in [2.45, 2.75) is 45.2 Å². The van der Waals surface area contributed by atoms with Crippen molar-refractivity contribution in [1.82, 2.24) is 5.32 Å². The molecule has 2 bridgehead atoms. The van der Waals surface area contributed by atoms with Crippen molar-refractivity contribution in [3.63, 3.8) is 0 Å². The highest BCUT2D eigenvalue weighted by Gasteiger charge is 2.53. The van der Waals surface area contributed by atoms with Gasteiger partial charge < -0.3 is 19.9 Å². The Kier molecular flexibility index (Phi) is 3.91. The number of quaternary nitrogens is 1. The van der Waals surface area contributed by atoms with Crippen LogP contribution in [0.2, 0.25) is 0 Å². The Morgan fingerprint density at radius 3 is 2.42 bits per heavy atom. The van der Waals surface area contributed by atoms with E-state index in [1.54, 1.807) is 7.11 Å². The summed E-state index contributed by atoms with van der Waals surface area (Å²) in [6, 6.07) is -0.494. The number of nitrogens with zero attached hydrogens (tertiary/aromatic N) is 1. The van der Waals surface area contributed by atoms with Gasteiger partial charge in [0.15, 0.2) is 6.04 Å². The lowest BCUT2D eigenvalue weighted by atomic mass is 9.73. The summed E-state index contributed by atoms with van der Waals surface area (Å²) in [5, 5.41) is 15.9. The van der Waals surface area contributed by atoms with Gasteiger partial charge in [0.2, 0.25) is 0 Å². The standard InChI is InChI=1S/C14H26N2O3/c1-14(2,3)15-13(17)12-11(9-19-4)10-5-7-16(12,18)8-6-10/h10-12H,5-9H2,1-4H3,(H,15,17)/t10?,11-,12-,16?/m1/s1. The number of methoxy groups -OCH3 is 1. The van der Waals surface area contributed by atoms with E-state index in [0.717, 1.165) is 12.8 Å². The van der Waals surface area contributed by atoms with E-state index in [2.05, 4.69) is 5.32 Å². The maximum absolute atomic E-state index is 12.9. The molecule has 0 aromatic heterocycles. The largest absolute Gasteiger partial charge is 0.632 e. The molecule has 3 saturated heterocycles. The van der Waals surface area contributed by atoms with Crippen molar-refractivity contribution in [2.24, 2.45) is 11.8 Å². The molecule has 0 aliphatic carbocycles. The molecule has 1 amide bonds. The highest BCUT2D eigenvalue weighted by molar-refractivity contribution is 5.82. The molecule has 19 heavy (non-hydrogen) atoms. The SMILES string of the molecule is COC[C@@H]1C2CC[N+]([O-])(CC2)[C@H]1C(=O)NC(C)(C)C. The molecule has 0 aromatic rings. The lowest BCUT2D eigenvalue weighted by Gasteiger charge is -2.60. The zero-order chi connectivity index (χ0) is 14.3. The molecular formula is C14H26N2O3. The highest BCUT2D eigenvalue weighted by Crippen LogP contribution is 2.42. The van der Waals surface area contributed by atoms with Crippen LogP contribution < -0.4 is 5.32 Å². The number of fused-ring (bicyclic) bond motifs is 3. The zero-order valence-corrected chi connectivity index (χ0v) is 12.4. The molecule has 1 N–H and O–H groups in total. The van der Waals surface area contributed by atoms with Crippen molar-refractivity contribution in [1.29, 1.82) is 0 Å². The predicted molar refractivity (Wildman–Crippen MR) is 73.1 cm³/mol. The summed E-state index contributed by atoms with van der Waals surface area (Å²) in [5.74, 6) is 0.422. The normalized spacial score (nSPS) is 38.3. The van der Waals surface area contributed by atoms with Gasteiger partial charge in [-0.25, -0.2) is 0 Å². The van der Waals surface area contributed by atoms with Crippen LogP contribution >= 0.6 is 0 Å². The molecule has 3 fully saturated rings. The summed E-state index contributed by atoms with van der Waals surface area (Å²) in [7, 11) is 1.64. The summed E-state index contributed by atoms with van der Waals surface area (Å²) < 4.78 is 4.91. The van der Waals surface area contributed by atoms with Crippen LogP contribution in [0.15, 0.2) is 0 Å². The van der Waals surface area contributed by atoms with Crippen LogP contribution in [0.25, 0.3) is 0 Å². The average molecular weight is 270 g/mol. The number of carbonyl (C=O) groups is 1. The van der Waals surface area contributed by atoms with Crippen LogP contribution in [0.1, 0.15) is 33.6 Å². The van der Waals surface area contributed by atoms with Gasteiger partial charge in [-0.3, -0.25) is 4.79 Å². The van der Waals surface area contributed by atoms with Crippen LogP contribution in [0, 0.1) is 17.0 Å². The molecule has 5 nitrogen and oxygen atoms in total. The zero-order valence-electron chi connectivity index (χ0n) is 12.4. The van der Waals surface area contributed by atoms with Gasteiger partial charge in [0, 0.05) is 31.4 Å². The fraction of sp³-hybridized carbons (Fsp3) is 0.929. The Bertz CT molecular complexity index is 343. The van der Waals surface area contributed by atoms with E-state index in [1.165, 1.54) is 0 Å². The first-order valence-corrected chi connectivity index (χ1v) is 7.15. The molecule has 0 saturated carbocycles. The number of piperidine rings is 3. The second-order valence-electron chi connectivity index (χ2n) is 7.04. The Balaban J connectivity index is 2.20. The Morgan fingerprint density at radius 1 is 1.37 bits per heavy atom. The summed E-state index contributed by atoms with van der Waals surface area (Å²) >= 11 is 0. The van der Waals surface area contributed by atoms with E-state index >= 15 is 0 Å². The second kappa shape index (κ2) is 5.04. The van der Waals surface area contributed by atoms with Gasteiger partial charge in [-0.1, -0.05) is 0 Å². The lowest BCUT2D eigenvalue weighted by molar-refractivity contribution is -0.917. The molecule has 0 unspecified atom stereocenters. The molecule has 0 spiro atoms. The van der Waals surface area contributed by atoms with E-state index in [0.29, 0.717) is 25.6 Å². The van der Waals surface area contributed by atoms with Crippen LogP contribution in [-0.4, -0.2) is 48.9 Å². The van der Waals surface area contributed by atoms with E-state index in [4.69, 9.17) is 4.74 Å². The first-order chi connectivity index (χ1) is 8.77. The summed E-state index contributed by atoms with van der Waals surface area (Å²) in [6.07, 6.45) is 1.85. The predicted octanol–water partition coefficient (Wildman–Crippen LogP) is 1.27. The van der Waals surface area contributed by atoms with E-state index in [-0.39, 0.29) is 22.0 Å². The Hall–Kier alpha value is -0.650. The van der Waals surface area contributed by atoms with Gasteiger partial charge in [0.05, 0.1) is 19.7 Å². The minimum Gasteiger partial charge on any atom is -0.632 e. The topological polar surface area (TPSA) is 61.4 Å². The average Bonchev–Trinajstić information content (AvgIpc) is 2.26. The highest BCUT2D eigenvalue weighted by atomic mass is 16.6. The number of nitrogens with one attached hydrogen (secondary N) is 1. The number of rotatable bonds is 3. The maximum atomic E-state index is 12.9. The van der Waals surface area contributed by atoms with Crippen molar-refractivity contribution >= 4 is 5.91 Å². The smallest absolute Gasteiger partial charge is 0.279 e. The third-order valence-corrected chi connectivity index (χ3v) is 4.40. The number of ether oxygens (including phenoxy) is 1. The van der Waals surface area contributed by atoms with Crippen molar-refractivity contribution in [2.75, 3.05) is 26.8 Å². The molecule has 0 aromatic carbocycles. The number of amides is 1. The van der Waals surface area contributed by atoms with Crippen LogP contribution in [0.3, 0.4) is 0 Å². The van der Waals surface area contributed by atoms with Crippen LogP contribution in [-0.2, 0) is 9.53 Å². The van der Waals surface area contributed by atoms with Gasteiger partial charge in [-0.2, -0.15) is 0 Å². The lowest BCUT2D eigenvalue weighted by Crippen LogP contribution is -2.70. The van der Waals surface area contributed by atoms with Crippen molar-refractivity contribution in [3.05, 3.63) is 5.21 Å². The molecule has 110 valence electrons. The maximum Gasteiger partial charge on any atom is 0.279 e.